The molecule has 19 heavy (non-hydrogen) atoms. The second kappa shape index (κ2) is 5.38. The molecule has 0 saturated heterocycles. The Balaban J connectivity index is 2.13. The summed E-state index contributed by atoms with van der Waals surface area (Å²) in [5.41, 5.74) is 5.48. The SMILES string of the molecule is CC(N)C(c1ccco1)N1CC=C(C(F)(F)F)CC1. The fourth-order valence-corrected chi connectivity index (χ4v) is 2.43. The molecule has 2 heterocycles. The second-order valence-corrected chi connectivity index (χ2v) is 4.79. The van der Waals surface area contributed by atoms with Crippen molar-refractivity contribution in [3.8, 4) is 0 Å². The third-order valence-electron chi connectivity index (χ3n) is 3.33. The number of hydrogen-bond acceptors (Lipinski definition) is 3. The van der Waals surface area contributed by atoms with Crippen molar-refractivity contribution in [1.29, 1.82) is 0 Å². The number of rotatable bonds is 3. The van der Waals surface area contributed by atoms with Crippen LogP contribution in [0.1, 0.15) is 25.1 Å². The fraction of sp³-hybridized carbons (Fsp3) is 0.538. The van der Waals surface area contributed by atoms with Crippen LogP contribution in [0.15, 0.2) is 34.5 Å². The molecule has 1 aliphatic heterocycles. The highest BCUT2D eigenvalue weighted by Crippen LogP contribution is 2.33. The van der Waals surface area contributed by atoms with Crippen LogP contribution >= 0.6 is 0 Å². The summed E-state index contributed by atoms with van der Waals surface area (Å²) in [5.74, 6) is 0.693. The highest BCUT2D eigenvalue weighted by atomic mass is 19.4. The van der Waals surface area contributed by atoms with Crippen LogP contribution in [-0.2, 0) is 0 Å². The molecular weight excluding hydrogens is 257 g/mol. The Morgan fingerprint density at radius 1 is 1.42 bits per heavy atom. The zero-order valence-corrected chi connectivity index (χ0v) is 10.7. The Labute approximate surface area is 109 Å². The van der Waals surface area contributed by atoms with E-state index in [1.807, 2.05) is 11.8 Å². The molecule has 2 N–H and O–H groups in total. The highest BCUT2D eigenvalue weighted by Gasteiger charge is 2.36. The molecule has 0 fully saturated rings. The first-order valence-electron chi connectivity index (χ1n) is 6.19. The van der Waals surface area contributed by atoms with Crippen molar-refractivity contribution in [2.24, 2.45) is 5.73 Å². The lowest BCUT2D eigenvalue weighted by atomic mass is 10.0. The van der Waals surface area contributed by atoms with Crippen molar-refractivity contribution in [1.82, 2.24) is 4.90 Å². The molecular formula is C13H17F3N2O. The van der Waals surface area contributed by atoms with Gasteiger partial charge in [-0.2, -0.15) is 13.2 Å². The van der Waals surface area contributed by atoms with Gasteiger partial charge in [-0.1, -0.05) is 6.08 Å². The summed E-state index contributed by atoms with van der Waals surface area (Å²) >= 11 is 0. The summed E-state index contributed by atoms with van der Waals surface area (Å²) in [7, 11) is 0. The smallest absolute Gasteiger partial charge is 0.412 e. The van der Waals surface area contributed by atoms with E-state index in [4.69, 9.17) is 10.2 Å². The van der Waals surface area contributed by atoms with E-state index >= 15 is 0 Å². The number of hydrogen-bond donors (Lipinski definition) is 1. The first kappa shape index (κ1) is 14.1. The van der Waals surface area contributed by atoms with Crippen LogP contribution in [0.25, 0.3) is 0 Å². The average Bonchev–Trinajstić information content (AvgIpc) is 2.82. The molecule has 0 radical (unpaired) electrons. The van der Waals surface area contributed by atoms with E-state index in [9.17, 15) is 13.2 Å². The molecule has 1 aromatic heterocycles. The number of alkyl halides is 3. The molecule has 6 heteroatoms. The van der Waals surface area contributed by atoms with Crippen molar-refractivity contribution in [3.05, 3.63) is 35.8 Å². The minimum Gasteiger partial charge on any atom is -0.468 e. The summed E-state index contributed by atoms with van der Waals surface area (Å²) in [6.45, 7) is 2.40. The van der Waals surface area contributed by atoms with E-state index < -0.39 is 11.7 Å². The summed E-state index contributed by atoms with van der Waals surface area (Å²) in [6.07, 6.45) is -1.44. The van der Waals surface area contributed by atoms with Gasteiger partial charge >= 0.3 is 6.18 Å². The zero-order valence-electron chi connectivity index (χ0n) is 10.7. The summed E-state index contributed by atoms with van der Waals surface area (Å²) < 4.78 is 43.1. The van der Waals surface area contributed by atoms with Crippen LogP contribution in [0.2, 0.25) is 0 Å². The predicted octanol–water partition coefficient (Wildman–Crippen LogP) is 2.86. The highest BCUT2D eigenvalue weighted by molar-refractivity contribution is 5.16. The van der Waals surface area contributed by atoms with Gasteiger partial charge in [-0.25, -0.2) is 0 Å². The summed E-state index contributed by atoms with van der Waals surface area (Å²) in [4.78, 5) is 1.92. The second-order valence-electron chi connectivity index (χ2n) is 4.79. The zero-order chi connectivity index (χ0) is 14.0. The lowest BCUT2D eigenvalue weighted by Crippen LogP contribution is -2.42. The Kier molecular flexibility index (Phi) is 4.01. The fourth-order valence-electron chi connectivity index (χ4n) is 2.43. The normalized spacial score (nSPS) is 21.0. The molecule has 1 aromatic rings. The van der Waals surface area contributed by atoms with Gasteiger partial charge < -0.3 is 10.2 Å². The van der Waals surface area contributed by atoms with Gasteiger partial charge in [-0.15, -0.1) is 0 Å². The van der Waals surface area contributed by atoms with E-state index in [-0.39, 0.29) is 25.0 Å². The Morgan fingerprint density at radius 2 is 2.16 bits per heavy atom. The molecule has 0 spiro atoms. The van der Waals surface area contributed by atoms with Gasteiger partial charge in [0.2, 0.25) is 0 Å². The maximum Gasteiger partial charge on any atom is 0.412 e. The van der Waals surface area contributed by atoms with Gasteiger partial charge in [0.15, 0.2) is 0 Å². The van der Waals surface area contributed by atoms with Crippen LogP contribution in [0, 0.1) is 0 Å². The van der Waals surface area contributed by atoms with Crippen LogP contribution in [0.3, 0.4) is 0 Å². The standard InChI is InChI=1S/C13H17F3N2O/c1-9(17)12(11-3-2-8-19-11)18-6-4-10(5-7-18)13(14,15)16/h2-4,8-9,12H,5-7,17H2,1H3. The van der Waals surface area contributed by atoms with Gasteiger partial charge in [0.25, 0.3) is 0 Å². The van der Waals surface area contributed by atoms with Crippen molar-refractivity contribution in [3.63, 3.8) is 0 Å². The van der Waals surface area contributed by atoms with Crippen LogP contribution in [-0.4, -0.2) is 30.2 Å². The number of nitrogens with two attached hydrogens (primary N) is 1. The van der Waals surface area contributed by atoms with E-state index in [0.717, 1.165) is 0 Å². The van der Waals surface area contributed by atoms with Gasteiger partial charge in [-0.05, 0) is 25.5 Å². The van der Waals surface area contributed by atoms with Crippen molar-refractivity contribution >= 4 is 0 Å². The first-order valence-corrected chi connectivity index (χ1v) is 6.19. The minimum atomic E-state index is -4.22. The number of halogens is 3. The quantitative estimate of drug-likeness (QED) is 0.862. The number of nitrogens with zero attached hydrogens (tertiary/aromatic N) is 1. The maximum absolute atomic E-state index is 12.6. The Bertz CT molecular complexity index is 437. The molecule has 3 nitrogen and oxygen atoms in total. The third kappa shape index (κ3) is 3.19. The Morgan fingerprint density at radius 3 is 2.58 bits per heavy atom. The summed E-state index contributed by atoms with van der Waals surface area (Å²) in [5, 5.41) is 0. The lowest BCUT2D eigenvalue weighted by Gasteiger charge is -2.35. The molecule has 0 aliphatic carbocycles. The largest absolute Gasteiger partial charge is 0.468 e. The van der Waals surface area contributed by atoms with Crippen molar-refractivity contribution < 1.29 is 17.6 Å². The van der Waals surface area contributed by atoms with E-state index in [0.29, 0.717) is 12.3 Å². The molecule has 2 atom stereocenters. The molecule has 106 valence electrons. The third-order valence-corrected chi connectivity index (χ3v) is 3.33. The van der Waals surface area contributed by atoms with Gasteiger partial charge in [0.05, 0.1) is 12.3 Å². The van der Waals surface area contributed by atoms with Gasteiger partial charge in [0.1, 0.15) is 5.76 Å². The maximum atomic E-state index is 12.6. The monoisotopic (exact) mass is 274 g/mol. The predicted molar refractivity (Wildman–Crippen MR) is 65.4 cm³/mol. The molecule has 0 aromatic carbocycles. The molecule has 0 bridgehead atoms. The lowest BCUT2D eigenvalue weighted by molar-refractivity contribution is -0.0965. The van der Waals surface area contributed by atoms with Crippen LogP contribution in [0.5, 0.6) is 0 Å². The first-order chi connectivity index (χ1) is 8.89. The molecule has 2 unspecified atom stereocenters. The van der Waals surface area contributed by atoms with E-state index in [1.165, 1.54) is 6.08 Å². The van der Waals surface area contributed by atoms with Crippen LogP contribution in [0.4, 0.5) is 13.2 Å². The van der Waals surface area contributed by atoms with Gasteiger partial charge in [0, 0.05) is 24.7 Å². The molecule has 0 saturated carbocycles. The van der Waals surface area contributed by atoms with Gasteiger partial charge in [-0.3, -0.25) is 4.90 Å². The topological polar surface area (TPSA) is 42.4 Å². The van der Waals surface area contributed by atoms with Crippen LogP contribution < -0.4 is 5.73 Å². The molecule has 0 amide bonds. The Hall–Kier alpha value is -1.27. The number of furan rings is 1. The molecule has 1 aliphatic rings. The van der Waals surface area contributed by atoms with Crippen molar-refractivity contribution in [2.45, 2.75) is 31.6 Å². The summed E-state index contributed by atoms with van der Waals surface area (Å²) in [6, 6.07) is 3.15. The molecule has 2 rings (SSSR count). The van der Waals surface area contributed by atoms with E-state index in [1.54, 1.807) is 18.4 Å². The minimum absolute atomic E-state index is 0.00652. The van der Waals surface area contributed by atoms with Crippen molar-refractivity contribution in [2.75, 3.05) is 13.1 Å². The average molecular weight is 274 g/mol. The van der Waals surface area contributed by atoms with E-state index in [2.05, 4.69) is 0 Å².